The molecule has 2 nitrogen and oxygen atoms in total. The fourth-order valence-corrected chi connectivity index (χ4v) is 6.73. The molecular formula is C20H26O2S. The largest absolute Gasteiger partial charge is 0.501 e. The van der Waals surface area contributed by atoms with E-state index in [1.54, 1.807) is 12.7 Å². The lowest BCUT2D eigenvalue weighted by atomic mass is 9.67. The van der Waals surface area contributed by atoms with Gasteiger partial charge in [0.2, 0.25) is 0 Å². The molecule has 0 aromatic heterocycles. The van der Waals surface area contributed by atoms with Gasteiger partial charge in [-0.25, -0.2) is 0 Å². The molecule has 0 spiro atoms. The van der Waals surface area contributed by atoms with E-state index in [0.717, 1.165) is 44.3 Å². The van der Waals surface area contributed by atoms with Gasteiger partial charge in [-0.05, 0) is 61.8 Å². The topological polar surface area (TPSA) is 26.3 Å². The van der Waals surface area contributed by atoms with Gasteiger partial charge in [-0.15, -0.1) is 0 Å². The zero-order valence-corrected chi connectivity index (χ0v) is 15.0. The molecule has 0 aromatic carbocycles. The summed E-state index contributed by atoms with van der Waals surface area (Å²) in [6.45, 7) is 0. The minimum atomic E-state index is -0.101. The molecule has 1 saturated carbocycles. The number of ketones is 1. The SMILES string of the molecule is COC1=CC2=CCC3C(=CCCC4(SC)C(=O)CCC34)C2CC1. The van der Waals surface area contributed by atoms with Crippen LogP contribution in [-0.2, 0) is 9.53 Å². The summed E-state index contributed by atoms with van der Waals surface area (Å²) in [7, 11) is 1.78. The first-order chi connectivity index (χ1) is 11.2. The molecule has 0 heterocycles. The Labute approximate surface area is 143 Å². The molecule has 0 aromatic rings. The third-order valence-electron chi connectivity index (χ3n) is 6.61. The summed E-state index contributed by atoms with van der Waals surface area (Å²) < 4.78 is 5.37. The maximum absolute atomic E-state index is 12.7. The quantitative estimate of drug-likeness (QED) is 0.688. The molecule has 4 atom stereocenters. The van der Waals surface area contributed by atoms with E-state index in [0.29, 0.717) is 23.5 Å². The average molecular weight is 330 g/mol. The third kappa shape index (κ3) is 2.26. The molecule has 4 unspecified atom stereocenters. The Kier molecular flexibility index (Phi) is 3.95. The molecule has 4 rings (SSSR count). The molecule has 0 bridgehead atoms. The molecular weight excluding hydrogens is 304 g/mol. The van der Waals surface area contributed by atoms with Crippen LogP contribution in [-0.4, -0.2) is 23.9 Å². The summed E-state index contributed by atoms with van der Waals surface area (Å²) in [6.07, 6.45) is 16.7. The van der Waals surface area contributed by atoms with Crippen LogP contribution in [0.25, 0.3) is 0 Å². The zero-order valence-electron chi connectivity index (χ0n) is 14.1. The number of ether oxygens (including phenoxy) is 1. The van der Waals surface area contributed by atoms with Gasteiger partial charge < -0.3 is 4.74 Å². The molecule has 4 aliphatic carbocycles. The van der Waals surface area contributed by atoms with Crippen molar-refractivity contribution in [2.75, 3.05) is 13.4 Å². The molecule has 4 aliphatic rings. The van der Waals surface area contributed by atoms with Crippen LogP contribution in [0.2, 0.25) is 0 Å². The van der Waals surface area contributed by atoms with Crippen molar-refractivity contribution >= 4 is 17.5 Å². The minimum Gasteiger partial charge on any atom is -0.501 e. The summed E-state index contributed by atoms with van der Waals surface area (Å²) in [5.41, 5.74) is 3.10. The van der Waals surface area contributed by atoms with E-state index in [2.05, 4.69) is 24.5 Å². The number of thioether (sulfide) groups is 1. The zero-order chi connectivity index (χ0) is 16.0. The number of fused-ring (bicyclic) bond motifs is 5. The number of methoxy groups -OCH3 is 1. The molecule has 0 saturated heterocycles. The van der Waals surface area contributed by atoms with Gasteiger partial charge in [-0.3, -0.25) is 4.79 Å². The van der Waals surface area contributed by atoms with Crippen molar-refractivity contribution in [2.24, 2.45) is 17.8 Å². The van der Waals surface area contributed by atoms with E-state index in [-0.39, 0.29) is 4.75 Å². The number of Topliss-reactive ketones (excluding diaryl/α,β-unsaturated/α-hetero) is 1. The first-order valence-corrected chi connectivity index (χ1v) is 10.1. The second kappa shape index (κ2) is 5.84. The number of hydrogen-bond acceptors (Lipinski definition) is 3. The van der Waals surface area contributed by atoms with Crippen molar-refractivity contribution in [2.45, 2.75) is 49.7 Å². The van der Waals surface area contributed by atoms with E-state index >= 15 is 0 Å². The van der Waals surface area contributed by atoms with Crippen LogP contribution in [0, 0.1) is 17.8 Å². The lowest BCUT2D eigenvalue weighted by Gasteiger charge is -2.41. The van der Waals surface area contributed by atoms with Crippen molar-refractivity contribution in [3.63, 3.8) is 0 Å². The van der Waals surface area contributed by atoms with E-state index < -0.39 is 0 Å². The summed E-state index contributed by atoms with van der Waals surface area (Å²) in [5.74, 6) is 3.34. The fraction of sp³-hybridized carbons (Fsp3) is 0.650. The lowest BCUT2D eigenvalue weighted by molar-refractivity contribution is -0.120. The highest BCUT2D eigenvalue weighted by molar-refractivity contribution is 8.00. The Morgan fingerprint density at radius 3 is 2.91 bits per heavy atom. The van der Waals surface area contributed by atoms with Crippen LogP contribution in [0.4, 0.5) is 0 Å². The highest BCUT2D eigenvalue weighted by Crippen LogP contribution is 2.56. The van der Waals surface area contributed by atoms with Gasteiger partial charge in [0, 0.05) is 18.8 Å². The molecule has 3 heteroatoms. The smallest absolute Gasteiger partial charge is 0.149 e. The number of hydrogen-bond donors (Lipinski definition) is 0. The first-order valence-electron chi connectivity index (χ1n) is 8.92. The Bertz CT molecular complexity index is 615. The van der Waals surface area contributed by atoms with Gasteiger partial charge >= 0.3 is 0 Å². The van der Waals surface area contributed by atoms with E-state index in [1.165, 1.54) is 12.0 Å². The molecule has 0 N–H and O–H groups in total. The second-order valence-electron chi connectivity index (χ2n) is 7.36. The van der Waals surface area contributed by atoms with Crippen molar-refractivity contribution in [3.8, 4) is 0 Å². The Morgan fingerprint density at radius 1 is 1.26 bits per heavy atom. The summed E-state index contributed by atoms with van der Waals surface area (Å²) in [4.78, 5) is 12.7. The summed E-state index contributed by atoms with van der Waals surface area (Å²) in [5, 5.41) is 0. The van der Waals surface area contributed by atoms with Crippen LogP contribution in [0.1, 0.15) is 44.9 Å². The van der Waals surface area contributed by atoms with Crippen LogP contribution in [0.3, 0.4) is 0 Å². The van der Waals surface area contributed by atoms with Crippen molar-refractivity contribution < 1.29 is 9.53 Å². The predicted molar refractivity (Wildman–Crippen MR) is 95.3 cm³/mol. The predicted octanol–water partition coefficient (Wildman–Crippen LogP) is 4.67. The van der Waals surface area contributed by atoms with Crippen molar-refractivity contribution in [3.05, 3.63) is 35.1 Å². The molecule has 23 heavy (non-hydrogen) atoms. The van der Waals surface area contributed by atoms with E-state index in [4.69, 9.17) is 4.74 Å². The number of carbonyl (C=O) groups is 1. The highest BCUT2D eigenvalue weighted by Gasteiger charge is 2.54. The Balaban J connectivity index is 1.71. The first kappa shape index (κ1) is 15.6. The van der Waals surface area contributed by atoms with Crippen molar-refractivity contribution in [1.82, 2.24) is 0 Å². The number of rotatable bonds is 2. The van der Waals surface area contributed by atoms with E-state index in [1.807, 2.05) is 11.8 Å². The standard InChI is InChI=1S/C20H26O2S/c1-22-14-6-8-15-13(12-14)5-7-17-16(15)4-3-11-20(23-2)18(17)9-10-19(20)21/h4-5,12,15,17-18H,3,6-11H2,1-2H3. The van der Waals surface area contributed by atoms with Crippen LogP contribution < -0.4 is 0 Å². The second-order valence-corrected chi connectivity index (χ2v) is 8.49. The maximum Gasteiger partial charge on any atom is 0.149 e. The summed E-state index contributed by atoms with van der Waals surface area (Å²) in [6, 6.07) is 0. The Hall–Kier alpha value is -0.960. The number of allylic oxidation sites excluding steroid dienone is 6. The normalized spacial score (nSPS) is 39.3. The molecule has 1 fully saturated rings. The van der Waals surface area contributed by atoms with Gasteiger partial charge in [-0.2, -0.15) is 11.8 Å². The average Bonchev–Trinajstić information content (AvgIpc) is 2.81. The van der Waals surface area contributed by atoms with Crippen LogP contribution >= 0.6 is 11.8 Å². The monoisotopic (exact) mass is 330 g/mol. The number of carbonyl (C=O) groups excluding carboxylic acids is 1. The van der Waals surface area contributed by atoms with E-state index in [9.17, 15) is 4.79 Å². The molecule has 0 radical (unpaired) electrons. The van der Waals surface area contributed by atoms with Crippen LogP contribution in [0.15, 0.2) is 35.1 Å². The minimum absolute atomic E-state index is 0.101. The van der Waals surface area contributed by atoms with Gasteiger partial charge in [0.15, 0.2) is 0 Å². The summed E-state index contributed by atoms with van der Waals surface area (Å²) >= 11 is 1.84. The third-order valence-corrected chi connectivity index (χ3v) is 8.07. The van der Waals surface area contributed by atoms with Gasteiger partial charge in [0.05, 0.1) is 17.6 Å². The lowest BCUT2D eigenvalue weighted by Crippen LogP contribution is -2.40. The Morgan fingerprint density at radius 2 is 2.13 bits per heavy atom. The molecule has 0 aliphatic heterocycles. The highest BCUT2D eigenvalue weighted by atomic mass is 32.2. The van der Waals surface area contributed by atoms with Crippen LogP contribution in [0.5, 0.6) is 0 Å². The maximum atomic E-state index is 12.7. The van der Waals surface area contributed by atoms with Gasteiger partial charge in [0.25, 0.3) is 0 Å². The van der Waals surface area contributed by atoms with Crippen molar-refractivity contribution in [1.29, 1.82) is 0 Å². The fourth-order valence-electron chi connectivity index (χ4n) is 5.49. The molecule has 0 amide bonds. The van der Waals surface area contributed by atoms with Gasteiger partial charge in [-0.1, -0.05) is 17.7 Å². The van der Waals surface area contributed by atoms with Gasteiger partial charge in [0.1, 0.15) is 5.78 Å². The molecule has 124 valence electrons.